The van der Waals surface area contributed by atoms with Gasteiger partial charge >= 0.3 is 0 Å². The smallest absolute Gasteiger partial charge is 0.171 e. The zero-order valence-corrected chi connectivity index (χ0v) is 16.0. The lowest BCUT2D eigenvalue weighted by Gasteiger charge is -2.35. The van der Waals surface area contributed by atoms with E-state index in [9.17, 15) is 4.79 Å². The van der Waals surface area contributed by atoms with Gasteiger partial charge in [0.1, 0.15) is 0 Å². The van der Waals surface area contributed by atoms with E-state index >= 15 is 0 Å². The molecule has 3 nitrogen and oxygen atoms in total. The second-order valence-electron chi connectivity index (χ2n) is 7.67. The van der Waals surface area contributed by atoms with Crippen LogP contribution in [-0.2, 0) is 13.0 Å². The Balaban J connectivity index is 1.86. The van der Waals surface area contributed by atoms with Gasteiger partial charge < -0.3 is 4.57 Å². The Kier molecular flexibility index (Phi) is 4.88. The number of para-hydroxylation sites is 1. The molecule has 140 valence electrons. The molecule has 1 aliphatic rings. The first-order valence-corrected chi connectivity index (χ1v) is 9.87. The fourth-order valence-electron chi connectivity index (χ4n) is 4.66. The molecule has 0 fully saturated rings. The summed E-state index contributed by atoms with van der Waals surface area (Å²) in [5, 5.41) is 10.1. The number of carbonyl (C=O) groups is 1. The van der Waals surface area contributed by atoms with Crippen molar-refractivity contribution in [3.63, 3.8) is 0 Å². The van der Waals surface area contributed by atoms with Crippen LogP contribution in [0.4, 0.5) is 0 Å². The van der Waals surface area contributed by atoms with E-state index in [-0.39, 0.29) is 5.78 Å². The van der Waals surface area contributed by atoms with E-state index in [0.717, 1.165) is 41.5 Å². The quantitative estimate of drug-likeness (QED) is 0.525. The van der Waals surface area contributed by atoms with Crippen LogP contribution in [0.25, 0.3) is 10.9 Å². The molecule has 0 radical (unpaired) electrons. The Morgan fingerprint density at radius 1 is 1.14 bits per heavy atom. The van der Waals surface area contributed by atoms with E-state index in [2.05, 4.69) is 53.6 Å². The minimum atomic E-state index is -0.494. The van der Waals surface area contributed by atoms with Crippen LogP contribution in [0, 0.1) is 16.7 Å². The molecule has 1 atom stereocenters. The van der Waals surface area contributed by atoms with Crippen LogP contribution < -0.4 is 0 Å². The van der Waals surface area contributed by atoms with Crippen LogP contribution in [-0.4, -0.2) is 10.4 Å². The molecular formula is C25H24N2O. The van der Waals surface area contributed by atoms with Gasteiger partial charge in [0.2, 0.25) is 0 Å². The SMILES string of the molecule is C=CC[C@]1(CCC#N)CCc2c(c3ccccc3n2Cc2ccccc2)C1=O. The molecule has 3 heteroatoms. The van der Waals surface area contributed by atoms with Crippen molar-refractivity contribution in [3.8, 4) is 6.07 Å². The summed E-state index contributed by atoms with van der Waals surface area (Å²) in [4.78, 5) is 13.7. The Morgan fingerprint density at radius 3 is 2.64 bits per heavy atom. The molecule has 1 aliphatic carbocycles. The third-order valence-corrected chi connectivity index (χ3v) is 6.06. The first kappa shape index (κ1) is 18.3. The normalized spacial score (nSPS) is 18.6. The van der Waals surface area contributed by atoms with Crippen molar-refractivity contribution >= 4 is 16.7 Å². The Hall–Kier alpha value is -3.12. The molecule has 1 aromatic heterocycles. The maximum Gasteiger partial charge on any atom is 0.171 e. The van der Waals surface area contributed by atoms with Gasteiger partial charge in [0.05, 0.1) is 6.07 Å². The third kappa shape index (κ3) is 2.96. The Bertz CT molecular complexity index is 1070. The number of benzene rings is 2. The Morgan fingerprint density at radius 2 is 1.89 bits per heavy atom. The van der Waals surface area contributed by atoms with Crippen LogP contribution in [0.15, 0.2) is 67.3 Å². The fraction of sp³-hybridized carbons (Fsp3) is 0.280. The number of rotatable bonds is 6. The van der Waals surface area contributed by atoms with E-state index in [1.165, 1.54) is 5.56 Å². The number of hydrogen-bond acceptors (Lipinski definition) is 2. The lowest BCUT2D eigenvalue weighted by atomic mass is 9.67. The lowest BCUT2D eigenvalue weighted by Crippen LogP contribution is -2.36. The monoisotopic (exact) mass is 368 g/mol. The van der Waals surface area contributed by atoms with Crippen molar-refractivity contribution in [2.24, 2.45) is 5.41 Å². The number of ketones is 1. The predicted molar refractivity (Wildman–Crippen MR) is 112 cm³/mol. The number of nitrogens with zero attached hydrogens (tertiary/aromatic N) is 2. The highest BCUT2D eigenvalue weighted by molar-refractivity contribution is 6.13. The predicted octanol–water partition coefficient (Wildman–Crippen LogP) is 5.68. The van der Waals surface area contributed by atoms with Crippen molar-refractivity contribution in [2.45, 2.75) is 38.6 Å². The molecule has 2 aromatic carbocycles. The average Bonchev–Trinajstić information content (AvgIpc) is 3.04. The summed E-state index contributed by atoms with van der Waals surface area (Å²) in [5.74, 6) is 0.187. The minimum absolute atomic E-state index is 0.187. The maximum absolute atomic E-state index is 13.7. The zero-order chi connectivity index (χ0) is 19.6. The third-order valence-electron chi connectivity index (χ3n) is 6.06. The van der Waals surface area contributed by atoms with Crippen molar-refractivity contribution in [2.75, 3.05) is 0 Å². The molecule has 0 saturated carbocycles. The molecule has 0 saturated heterocycles. The number of carbonyl (C=O) groups excluding carboxylic acids is 1. The van der Waals surface area contributed by atoms with Crippen LogP contribution in [0.1, 0.15) is 47.3 Å². The molecule has 0 spiro atoms. The van der Waals surface area contributed by atoms with Crippen LogP contribution in [0.3, 0.4) is 0 Å². The summed E-state index contributed by atoms with van der Waals surface area (Å²) in [7, 11) is 0. The van der Waals surface area contributed by atoms with Crippen LogP contribution >= 0.6 is 0 Å². The van der Waals surface area contributed by atoms with E-state index in [1.54, 1.807) is 0 Å². The van der Waals surface area contributed by atoms with Crippen LogP contribution in [0.5, 0.6) is 0 Å². The van der Waals surface area contributed by atoms with Gasteiger partial charge in [-0.15, -0.1) is 6.58 Å². The van der Waals surface area contributed by atoms with E-state index in [4.69, 9.17) is 5.26 Å². The van der Waals surface area contributed by atoms with Gasteiger partial charge in [-0.3, -0.25) is 4.79 Å². The lowest BCUT2D eigenvalue weighted by molar-refractivity contribution is 0.0744. The van der Waals surface area contributed by atoms with Gasteiger partial charge in [-0.25, -0.2) is 0 Å². The van der Waals surface area contributed by atoms with Crippen LogP contribution in [0.2, 0.25) is 0 Å². The van der Waals surface area contributed by atoms with Crippen molar-refractivity contribution in [1.29, 1.82) is 5.26 Å². The highest BCUT2D eigenvalue weighted by Gasteiger charge is 2.43. The summed E-state index contributed by atoms with van der Waals surface area (Å²) >= 11 is 0. The second kappa shape index (κ2) is 7.48. The molecule has 0 aliphatic heterocycles. The first-order valence-electron chi connectivity index (χ1n) is 9.87. The van der Waals surface area contributed by atoms with Crippen molar-refractivity contribution in [3.05, 3.63) is 84.1 Å². The first-order chi connectivity index (χ1) is 13.7. The van der Waals surface area contributed by atoms with Gasteiger partial charge in [-0.1, -0.05) is 54.6 Å². The average molecular weight is 368 g/mol. The summed E-state index contributed by atoms with van der Waals surface area (Å²) in [6, 6.07) is 20.8. The number of Topliss-reactive ketones (excluding diaryl/α,β-unsaturated/α-hetero) is 1. The molecule has 0 N–H and O–H groups in total. The topological polar surface area (TPSA) is 45.8 Å². The Labute approximate surface area is 165 Å². The van der Waals surface area contributed by atoms with E-state index in [0.29, 0.717) is 19.3 Å². The zero-order valence-electron chi connectivity index (χ0n) is 16.0. The highest BCUT2D eigenvalue weighted by atomic mass is 16.1. The standard InChI is InChI=1S/C25H24N2O/c1-2-14-25(15-8-17-26)16-13-22-23(24(25)28)20-11-6-7-12-21(20)27(22)18-19-9-4-3-5-10-19/h2-7,9-12H,1,8,13-16,18H2/t25-/m0/s1. The number of fused-ring (bicyclic) bond motifs is 3. The summed E-state index contributed by atoms with van der Waals surface area (Å²) in [6.07, 6.45) is 5.09. The molecule has 28 heavy (non-hydrogen) atoms. The number of aromatic nitrogens is 1. The second-order valence-corrected chi connectivity index (χ2v) is 7.67. The van der Waals surface area contributed by atoms with Gasteiger partial charge in [-0.05, 0) is 37.3 Å². The molecule has 4 rings (SSSR count). The molecule has 1 heterocycles. The van der Waals surface area contributed by atoms with Gasteiger partial charge in [0, 0.05) is 40.5 Å². The molecular weight excluding hydrogens is 344 g/mol. The van der Waals surface area contributed by atoms with Gasteiger partial charge in [-0.2, -0.15) is 5.26 Å². The van der Waals surface area contributed by atoms with Crippen molar-refractivity contribution in [1.82, 2.24) is 4.57 Å². The molecule has 0 amide bonds. The highest BCUT2D eigenvalue weighted by Crippen LogP contribution is 2.45. The molecule has 0 unspecified atom stereocenters. The van der Waals surface area contributed by atoms with Gasteiger partial charge in [0.25, 0.3) is 0 Å². The number of allylic oxidation sites excluding steroid dienone is 1. The summed E-state index contributed by atoms with van der Waals surface area (Å²) in [5.41, 5.74) is 3.83. The number of nitriles is 1. The van der Waals surface area contributed by atoms with Crippen molar-refractivity contribution < 1.29 is 4.79 Å². The van der Waals surface area contributed by atoms with Gasteiger partial charge in [0.15, 0.2) is 5.78 Å². The minimum Gasteiger partial charge on any atom is -0.339 e. The molecule has 0 bridgehead atoms. The van der Waals surface area contributed by atoms with E-state index < -0.39 is 5.41 Å². The fourth-order valence-corrected chi connectivity index (χ4v) is 4.66. The summed E-state index contributed by atoms with van der Waals surface area (Å²) in [6.45, 7) is 4.64. The molecule has 3 aromatic rings. The van der Waals surface area contributed by atoms with E-state index in [1.807, 2.05) is 24.3 Å². The largest absolute Gasteiger partial charge is 0.339 e. The number of hydrogen-bond donors (Lipinski definition) is 0. The maximum atomic E-state index is 13.7. The summed E-state index contributed by atoms with van der Waals surface area (Å²) < 4.78 is 2.31.